The maximum atomic E-state index is 11.7. The molecule has 5 nitrogen and oxygen atoms in total. The predicted octanol–water partition coefficient (Wildman–Crippen LogP) is 0.630. The van der Waals surface area contributed by atoms with E-state index in [-0.39, 0.29) is 13.2 Å². The molecule has 4 N–H and O–H groups in total. The summed E-state index contributed by atoms with van der Waals surface area (Å²) in [6.07, 6.45) is -4.29. The molecule has 17 heavy (non-hydrogen) atoms. The molecule has 0 aliphatic rings. The van der Waals surface area contributed by atoms with Crippen molar-refractivity contribution >= 4 is 5.96 Å². The van der Waals surface area contributed by atoms with Gasteiger partial charge in [-0.05, 0) is 5.92 Å². The maximum Gasteiger partial charge on any atom is 0.411 e. The number of aliphatic imine (C=N–C) groups is 1. The molecule has 0 spiro atoms. The van der Waals surface area contributed by atoms with Crippen molar-refractivity contribution in [2.24, 2.45) is 16.8 Å². The number of alkyl halides is 3. The lowest BCUT2D eigenvalue weighted by Crippen LogP contribution is -2.43. The van der Waals surface area contributed by atoms with Crippen molar-refractivity contribution in [2.45, 2.75) is 20.0 Å². The summed E-state index contributed by atoms with van der Waals surface area (Å²) in [5, 5.41) is 2.73. The highest BCUT2D eigenvalue weighted by Crippen LogP contribution is 2.13. The van der Waals surface area contributed by atoms with Gasteiger partial charge in [0, 0.05) is 13.1 Å². The number of rotatable bonds is 6. The van der Waals surface area contributed by atoms with Crippen molar-refractivity contribution in [1.29, 1.82) is 0 Å². The topological polar surface area (TPSA) is 71.7 Å². The van der Waals surface area contributed by atoms with E-state index in [1.807, 2.05) is 13.8 Å². The Balaban J connectivity index is 3.67. The zero-order chi connectivity index (χ0) is 13.3. The van der Waals surface area contributed by atoms with Crippen molar-refractivity contribution in [1.82, 2.24) is 10.7 Å². The molecule has 0 aromatic rings. The Morgan fingerprint density at radius 1 is 1.41 bits per heavy atom. The number of guanidine groups is 1. The van der Waals surface area contributed by atoms with Crippen molar-refractivity contribution in [3.63, 3.8) is 0 Å². The van der Waals surface area contributed by atoms with Gasteiger partial charge >= 0.3 is 6.18 Å². The lowest BCUT2D eigenvalue weighted by atomic mass is 10.2. The van der Waals surface area contributed by atoms with Crippen LogP contribution in [0, 0.1) is 5.92 Å². The fourth-order valence-corrected chi connectivity index (χ4v) is 0.856. The first kappa shape index (κ1) is 16.0. The zero-order valence-corrected chi connectivity index (χ0v) is 9.97. The molecule has 0 aromatic heterocycles. The van der Waals surface area contributed by atoms with Gasteiger partial charge in [-0.1, -0.05) is 13.8 Å². The number of ether oxygens (including phenoxy) is 1. The minimum absolute atomic E-state index is 0.0676. The molecule has 0 fully saturated rings. The van der Waals surface area contributed by atoms with Gasteiger partial charge < -0.3 is 10.1 Å². The molecule has 0 aliphatic heterocycles. The van der Waals surface area contributed by atoms with Crippen LogP contribution in [0.4, 0.5) is 13.2 Å². The Morgan fingerprint density at radius 3 is 2.53 bits per heavy atom. The number of nitrogens with two attached hydrogens (primary N) is 1. The highest BCUT2D eigenvalue weighted by Gasteiger charge is 2.27. The van der Waals surface area contributed by atoms with E-state index in [2.05, 4.69) is 20.5 Å². The van der Waals surface area contributed by atoms with Gasteiger partial charge in [0.15, 0.2) is 0 Å². The van der Waals surface area contributed by atoms with Crippen molar-refractivity contribution in [3.05, 3.63) is 0 Å². The number of hydrogen-bond donors (Lipinski definition) is 3. The molecule has 0 rings (SSSR count). The van der Waals surface area contributed by atoms with Crippen LogP contribution in [0.25, 0.3) is 0 Å². The van der Waals surface area contributed by atoms with Gasteiger partial charge in [0.25, 0.3) is 0 Å². The molecule has 0 heterocycles. The summed E-state index contributed by atoms with van der Waals surface area (Å²) >= 11 is 0. The quantitative estimate of drug-likeness (QED) is 0.214. The Bertz CT molecular complexity index is 231. The smallest absolute Gasteiger partial charge is 0.370 e. The van der Waals surface area contributed by atoms with Gasteiger partial charge in [0.05, 0.1) is 6.61 Å². The number of hydrogen-bond acceptors (Lipinski definition) is 3. The summed E-state index contributed by atoms with van der Waals surface area (Å²) in [7, 11) is 0. The molecular formula is C9H19F3N4O. The van der Waals surface area contributed by atoms with Gasteiger partial charge in [-0.25, -0.2) is 5.84 Å². The lowest BCUT2D eigenvalue weighted by molar-refractivity contribution is -0.173. The van der Waals surface area contributed by atoms with Crippen LogP contribution in [-0.2, 0) is 4.74 Å². The molecule has 0 saturated carbocycles. The Morgan fingerprint density at radius 2 is 2.06 bits per heavy atom. The number of halogens is 3. The SMILES string of the molecule is CC(C)CN=C(NN)NCCOCC(F)(F)F. The third kappa shape index (κ3) is 11.2. The van der Waals surface area contributed by atoms with Crippen LogP contribution in [0.15, 0.2) is 4.99 Å². The van der Waals surface area contributed by atoms with Gasteiger partial charge in [0.1, 0.15) is 6.61 Å². The van der Waals surface area contributed by atoms with E-state index in [1.165, 1.54) is 0 Å². The largest absolute Gasteiger partial charge is 0.411 e. The molecule has 0 atom stereocenters. The molecule has 8 heteroatoms. The molecule has 0 bridgehead atoms. The van der Waals surface area contributed by atoms with Gasteiger partial charge in [-0.2, -0.15) is 13.2 Å². The normalized spacial score (nSPS) is 13.0. The van der Waals surface area contributed by atoms with Crippen LogP contribution >= 0.6 is 0 Å². The van der Waals surface area contributed by atoms with E-state index >= 15 is 0 Å². The molecule has 0 aliphatic carbocycles. The summed E-state index contributed by atoms with van der Waals surface area (Å²) < 4.78 is 39.6. The Hall–Kier alpha value is -1.02. The second-order valence-corrected chi connectivity index (χ2v) is 3.82. The average molecular weight is 256 g/mol. The van der Waals surface area contributed by atoms with Crippen molar-refractivity contribution in [3.8, 4) is 0 Å². The van der Waals surface area contributed by atoms with E-state index < -0.39 is 12.8 Å². The van der Waals surface area contributed by atoms with Gasteiger partial charge in [-0.3, -0.25) is 10.4 Å². The molecular weight excluding hydrogens is 237 g/mol. The zero-order valence-electron chi connectivity index (χ0n) is 9.97. The van der Waals surface area contributed by atoms with Crippen LogP contribution in [0.1, 0.15) is 13.8 Å². The summed E-state index contributed by atoms with van der Waals surface area (Å²) in [5.74, 6) is 5.90. The second-order valence-electron chi connectivity index (χ2n) is 3.82. The number of hydrazine groups is 1. The highest BCUT2D eigenvalue weighted by atomic mass is 19.4. The predicted molar refractivity (Wildman–Crippen MR) is 59.3 cm³/mol. The number of nitrogens with one attached hydrogen (secondary N) is 2. The standard InChI is InChI=1S/C9H19F3N4O/c1-7(2)5-15-8(16-13)14-3-4-17-6-9(10,11)12/h7H,3-6,13H2,1-2H3,(H2,14,15,16). The van der Waals surface area contributed by atoms with E-state index in [9.17, 15) is 13.2 Å². The first-order chi connectivity index (χ1) is 7.85. The molecule has 0 saturated heterocycles. The van der Waals surface area contributed by atoms with Crippen LogP contribution in [0.5, 0.6) is 0 Å². The summed E-state index contributed by atoms with van der Waals surface area (Å²) in [6.45, 7) is 3.45. The van der Waals surface area contributed by atoms with Gasteiger partial charge in [-0.15, -0.1) is 0 Å². The summed E-state index contributed by atoms with van der Waals surface area (Å²) in [4.78, 5) is 4.08. The highest BCUT2D eigenvalue weighted by molar-refractivity contribution is 5.79. The van der Waals surface area contributed by atoms with E-state index in [1.54, 1.807) is 0 Å². The molecule has 0 radical (unpaired) electrons. The lowest BCUT2D eigenvalue weighted by Gasteiger charge is -2.11. The van der Waals surface area contributed by atoms with Crippen molar-refractivity contribution in [2.75, 3.05) is 26.3 Å². The minimum atomic E-state index is -4.29. The third-order valence-corrected chi connectivity index (χ3v) is 1.56. The molecule has 0 amide bonds. The summed E-state index contributed by atoms with van der Waals surface area (Å²) in [5.41, 5.74) is 2.33. The van der Waals surface area contributed by atoms with Crippen LogP contribution in [0.2, 0.25) is 0 Å². The number of nitrogens with zero attached hydrogens (tertiary/aromatic N) is 1. The fraction of sp³-hybridized carbons (Fsp3) is 0.889. The van der Waals surface area contributed by atoms with Crippen LogP contribution in [0.3, 0.4) is 0 Å². The molecule has 0 aromatic carbocycles. The van der Waals surface area contributed by atoms with E-state index in [0.29, 0.717) is 18.4 Å². The maximum absolute atomic E-state index is 11.7. The van der Waals surface area contributed by atoms with E-state index in [0.717, 1.165) is 0 Å². The van der Waals surface area contributed by atoms with Crippen LogP contribution in [-0.4, -0.2) is 38.4 Å². The second kappa shape index (κ2) is 8.13. The van der Waals surface area contributed by atoms with Crippen LogP contribution < -0.4 is 16.6 Å². The molecule has 102 valence electrons. The summed E-state index contributed by atoms with van der Waals surface area (Å²) in [6, 6.07) is 0. The fourth-order valence-electron chi connectivity index (χ4n) is 0.856. The minimum Gasteiger partial charge on any atom is -0.370 e. The first-order valence-electron chi connectivity index (χ1n) is 5.24. The average Bonchev–Trinajstić information content (AvgIpc) is 2.20. The third-order valence-electron chi connectivity index (χ3n) is 1.56. The van der Waals surface area contributed by atoms with E-state index in [4.69, 9.17) is 5.84 Å². The van der Waals surface area contributed by atoms with Crippen molar-refractivity contribution < 1.29 is 17.9 Å². The Labute approximate surface area is 98.6 Å². The Kier molecular flexibility index (Phi) is 7.64. The molecule has 0 unspecified atom stereocenters. The monoisotopic (exact) mass is 256 g/mol. The van der Waals surface area contributed by atoms with Gasteiger partial charge in [0.2, 0.25) is 5.96 Å². The first-order valence-corrected chi connectivity index (χ1v) is 5.24.